The molecular weight excluding hydrogens is 212 g/mol. The summed E-state index contributed by atoms with van der Waals surface area (Å²) in [6.07, 6.45) is 5.71. The number of hydrogen-bond acceptors (Lipinski definition) is 5. The summed E-state index contributed by atoms with van der Waals surface area (Å²) >= 11 is 0. The van der Waals surface area contributed by atoms with Crippen molar-refractivity contribution in [1.29, 1.82) is 0 Å². The fourth-order valence-electron chi connectivity index (χ4n) is 1.07. The van der Waals surface area contributed by atoms with Gasteiger partial charge in [-0.1, -0.05) is 0 Å². The molecule has 0 amide bonds. The number of aromatic carboxylic acids is 1. The molecule has 0 spiro atoms. The highest BCUT2D eigenvalue weighted by Gasteiger charge is 2.07. The summed E-state index contributed by atoms with van der Waals surface area (Å²) in [7, 11) is 0. The largest absolute Gasteiger partial charge is 0.478 e. The van der Waals surface area contributed by atoms with Gasteiger partial charge in [-0.2, -0.15) is 5.10 Å². The first-order valence-corrected chi connectivity index (χ1v) is 4.26. The summed E-state index contributed by atoms with van der Waals surface area (Å²) < 4.78 is 1.27. The van der Waals surface area contributed by atoms with E-state index in [1.54, 1.807) is 0 Å². The highest BCUT2D eigenvalue weighted by molar-refractivity contribution is 5.86. The summed E-state index contributed by atoms with van der Waals surface area (Å²) in [5.74, 6) is -0.721. The van der Waals surface area contributed by atoms with Crippen LogP contribution >= 0.6 is 0 Å². The lowest BCUT2D eigenvalue weighted by Gasteiger charge is -1.98. The van der Waals surface area contributed by atoms with Gasteiger partial charge in [0.25, 0.3) is 0 Å². The molecule has 0 fully saturated rings. The van der Waals surface area contributed by atoms with Crippen molar-refractivity contribution in [3.63, 3.8) is 0 Å². The quantitative estimate of drug-likeness (QED) is 0.737. The van der Waals surface area contributed by atoms with Crippen molar-refractivity contribution >= 4 is 12.3 Å². The van der Waals surface area contributed by atoms with Crippen molar-refractivity contribution in [2.45, 2.75) is 0 Å². The van der Waals surface area contributed by atoms with Crippen LogP contribution in [0.1, 0.15) is 20.8 Å². The van der Waals surface area contributed by atoms with Gasteiger partial charge in [0.15, 0.2) is 12.1 Å². The molecule has 7 heteroatoms. The zero-order valence-corrected chi connectivity index (χ0v) is 7.94. The first kappa shape index (κ1) is 9.97. The molecule has 2 aromatic rings. The Labute approximate surface area is 89.4 Å². The molecule has 0 aliphatic carbocycles. The normalized spacial score (nSPS) is 10.0. The van der Waals surface area contributed by atoms with Gasteiger partial charge in [0.1, 0.15) is 5.69 Å². The molecular formula is C9H6N4O3. The molecule has 0 atom stereocenters. The molecule has 2 heterocycles. The Bertz CT molecular complexity index is 532. The third-order valence-electron chi connectivity index (χ3n) is 1.84. The molecule has 80 valence electrons. The summed E-state index contributed by atoms with van der Waals surface area (Å²) in [6, 6.07) is 0. The first-order chi connectivity index (χ1) is 7.70. The van der Waals surface area contributed by atoms with E-state index in [0.29, 0.717) is 12.1 Å². The Morgan fingerprint density at radius 2 is 2.12 bits per heavy atom. The molecule has 16 heavy (non-hydrogen) atoms. The van der Waals surface area contributed by atoms with Crippen LogP contribution < -0.4 is 0 Å². The number of aldehydes is 1. The topological polar surface area (TPSA) is 98.0 Å². The second-order valence-electron chi connectivity index (χ2n) is 2.90. The highest BCUT2D eigenvalue weighted by atomic mass is 16.4. The van der Waals surface area contributed by atoms with Crippen molar-refractivity contribution < 1.29 is 14.7 Å². The molecule has 2 rings (SSSR count). The van der Waals surface area contributed by atoms with E-state index < -0.39 is 5.97 Å². The second-order valence-corrected chi connectivity index (χ2v) is 2.90. The minimum absolute atomic E-state index is 0.0567. The summed E-state index contributed by atoms with van der Waals surface area (Å²) in [5.41, 5.74) is 0.260. The van der Waals surface area contributed by atoms with Gasteiger partial charge in [-0.25, -0.2) is 19.4 Å². The van der Waals surface area contributed by atoms with Crippen molar-refractivity contribution in [3.05, 3.63) is 36.0 Å². The Morgan fingerprint density at radius 3 is 2.62 bits per heavy atom. The molecule has 0 saturated carbocycles. The molecule has 0 aliphatic rings. The smallest absolute Gasteiger partial charge is 0.338 e. The lowest BCUT2D eigenvalue weighted by Crippen LogP contribution is -2.00. The number of aromatic nitrogens is 4. The van der Waals surface area contributed by atoms with Gasteiger partial charge in [0, 0.05) is 6.20 Å². The van der Waals surface area contributed by atoms with Crippen LogP contribution in [0.15, 0.2) is 24.8 Å². The maximum absolute atomic E-state index is 10.6. The minimum atomic E-state index is -1.07. The fraction of sp³-hybridized carbons (Fsp3) is 0. The van der Waals surface area contributed by atoms with Crippen molar-refractivity contribution in [1.82, 2.24) is 19.7 Å². The molecule has 0 bridgehead atoms. The van der Waals surface area contributed by atoms with Gasteiger partial charge >= 0.3 is 5.97 Å². The van der Waals surface area contributed by atoms with E-state index in [1.165, 1.54) is 29.5 Å². The number of carboxylic acid groups (broad SMARTS) is 1. The SMILES string of the molecule is O=Cc1cnc(-n2cc(C(=O)O)cn2)cn1. The summed E-state index contributed by atoms with van der Waals surface area (Å²) in [6.45, 7) is 0. The van der Waals surface area contributed by atoms with Gasteiger partial charge in [0.2, 0.25) is 0 Å². The van der Waals surface area contributed by atoms with Crippen LogP contribution in [0.3, 0.4) is 0 Å². The van der Waals surface area contributed by atoms with Crippen molar-refractivity contribution in [2.75, 3.05) is 0 Å². The Kier molecular flexibility index (Phi) is 2.42. The van der Waals surface area contributed by atoms with Crippen LogP contribution in [0.2, 0.25) is 0 Å². The van der Waals surface area contributed by atoms with Crippen LogP contribution in [0.4, 0.5) is 0 Å². The highest BCUT2D eigenvalue weighted by Crippen LogP contribution is 2.04. The zero-order chi connectivity index (χ0) is 11.5. The predicted octanol–water partition coefficient (Wildman–Crippen LogP) is 0.173. The van der Waals surface area contributed by atoms with E-state index in [1.807, 2.05) is 0 Å². The summed E-state index contributed by atoms with van der Waals surface area (Å²) in [4.78, 5) is 28.7. The maximum atomic E-state index is 10.6. The van der Waals surface area contributed by atoms with E-state index in [0.717, 1.165) is 0 Å². The first-order valence-electron chi connectivity index (χ1n) is 4.26. The molecule has 0 aliphatic heterocycles. The number of carbonyl (C=O) groups is 2. The third-order valence-corrected chi connectivity index (χ3v) is 1.84. The molecule has 2 aromatic heterocycles. The van der Waals surface area contributed by atoms with Crippen molar-refractivity contribution in [3.8, 4) is 5.82 Å². The predicted molar refractivity (Wildman–Crippen MR) is 51.5 cm³/mol. The van der Waals surface area contributed by atoms with Gasteiger partial charge in [-0.15, -0.1) is 0 Å². The zero-order valence-electron chi connectivity index (χ0n) is 7.94. The number of rotatable bonds is 3. The number of hydrogen-bond donors (Lipinski definition) is 1. The van der Waals surface area contributed by atoms with Gasteiger partial charge in [0.05, 0.1) is 24.2 Å². The molecule has 0 aromatic carbocycles. The van der Waals surface area contributed by atoms with Crippen LogP contribution in [0.25, 0.3) is 5.82 Å². The van der Waals surface area contributed by atoms with E-state index >= 15 is 0 Å². The lowest BCUT2D eigenvalue weighted by molar-refractivity contribution is 0.0696. The van der Waals surface area contributed by atoms with Crippen LogP contribution in [0, 0.1) is 0 Å². The van der Waals surface area contributed by atoms with Gasteiger partial charge in [-0.3, -0.25) is 4.79 Å². The average Bonchev–Trinajstić information content (AvgIpc) is 2.78. The van der Waals surface area contributed by atoms with Crippen molar-refractivity contribution in [2.24, 2.45) is 0 Å². The fourth-order valence-corrected chi connectivity index (χ4v) is 1.07. The Morgan fingerprint density at radius 1 is 1.31 bits per heavy atom. The van der Waals surface area contributed by atoms with E-state index in [9.17, 15) is 9.59 Å². The Balaban J connectivity index is 2.35. The van der Waals surface area contributed by atoms with Gasteiger partial charge in [-0.05, 0) is 0 Å². The minimum Gasteiger partial charge on any atom is -0.478 e. The van der Waals surface area contributed by atoms with E-state index in [4.69, 9.17) is 5.11 Å². The molecule has 0 saturated heterocycles. The third kappa shape index (κ3) is 1.78. The monoisotopic (exact) mass is 218 g/mol. The lowest BCUT2D eigenvalue weighted by atomic mass is 10.4. The second kappa shape index (κ2) is 3.89. The summed E-state index contributed by atoms with van der Waals surface area (Å²) in [5, 5.41) is 12.5. The van der Waals surface area contributed by atoms with Crippen LogP contribution in [0.5, 0.6) is 0 Å². The van der Waals surface area contributed by atoms with Crippen LogP contribution in [-0.2, 0) is 0 Å². The molecule has 0 radical (unpaired) electrons. The van der Waals surface area contributed by atoms with E-state index in [-0.39, 0.29) is 11.3 Å². The molecule has 0 unspecified atom stereocenters. The molecule has 1 N–H and O–H groups in total. The van der Waals surface area contributed by atoms with E-state index in [2.05, 4.69) is 15.1 Å². The number of carboxylic acids is 1. The Hall–Kier alpha value is -2.57. The number of carbonyl (C=O) groups excluding carboxylic acids is 1. The number of nitrogens with zero attached hydrogens (tertiary/aromatic N) is 4. The standard InChI is InChI=1S/C9H6N4O3/c14-5-7-2-11-8(3-10-7)13-4-6(1-12-13)9(15)16/h1-5H,(H,15,16). The van der Waals surface area contributed by atoms with Gasteiger partial charge < -0.3 is 5.11 Å². The average molecular weight is 218 g/mol. The molecule has 7 nitrogen and oxygen atoms in total. The maximum Gasteiger partial charge on any atom is 0.338 e. The van der Waals surface area contributed by atoms with Crippen LogP contribution in [-0.4, -0.2) is 37.1 Å².